The van der Waals surface area contributed by atoms with Gasteiger partial charge in [-0.25, -0.2) is 40.1 Å². The van der Waals surface area contributed by atoms with E-state index in [9.17, 15) is 49.2 Å². The van der Waals surface area contributed by atoms with Gasteiger partial charge in [0.1, 0.15) is 22.7 Å². The van der Waals surface area contributed by atoms with Crippen LogP contribution < -0.4 is 78.0 Å². The first-order valence-electron chi connectivity index (χ1n) is 44.8. The number of piperidine rings is 3. The molecule has 135 heavy (non-hydrogen) atoms. The van der Waals surface area contributed by atoms with Crippen molar-refractivity contribution < 1.29 is 94.1 Å². The van der Waals surface area contributed by atoms with E-state index in [0.717, 1.165) is 144 Å². The van der Waals surface area contributed by atoms with Crippen molar-refractivity contribution in [3.8, 4) is 39.6 Å². The number of nitrogens with zero attached hydrogens (tertiary/aromatic N) is 7. The Morgan fingerprint density at radius 1 is 0.481 bits per heavy atom. The number of aromatic carboxylic acids is 1. The molecule has 28 nitrogen and oxygen atoms in total. The molecule has 0 unspecified atom stereocenters. The van der Waals surface area contributed by atoms with Gasteiger partial charge in [0.15, 0.2) is 0 Å². The van der Waals surface area contributed by atoms with Crippen molar-refractivity contribution in [2.45, 2.75) is 163 Å². The van der Waals surface area contributed by atoms with Crippen LogP contribution in [0.2, 0.25) is 0 Å². The summed E-state index contributed by atoms with van der Waals surface area (Å²) in [6, 6.07) is 59.4. The fraction of sp³-hybridized carbons (Fsp3) is 0.340. The van der Waals surface area contributed by atoms with Crippen molar-refractivity contribution in [2.24, 2.45) is 27.2 Å². The Morgan fingerprint density at radius 3 is 1.04 bits per heavy atom. The summed E-state index contributed by atoms with van der Waals surface area (Å²) < 4.78 is 82.2. The van der Waals surface area contributed by atoms with E-state index in [1.165, 1.54) is 50.7 Å². The molecule has 5 aliphatic rings. The minimum atomic E-state index is -3.74. The van der Waals surface area contributed by atoms with Crippen LogP contribution in [-0.2, 0) is 63.7 Å². The largest absolute Gasteiger partial charge is 1.00 e. The molecular formula is C103H125N14NaO14S3. The molecular weight excluding hydrogens is 1780 g/mol. The van der Waals surface area contributed by atoms with Crippen LogP contribution in [0.15, 0.2) is 208 Å². The molecule has 5 amide bonds. The van der Waals surface area contributed by atoms with E-state index < -0.39 is 64.6 Å². The number of aliphatic hydroxyl groups excluding tert-OH is 1. The maximum Gasteiger partial charge on any atom is 1.00 e. The number of anilines is 3. The van der Waals surface area contributed by atoms with Gasteiger partial charge in [-0.15, -0.1) is 0 Å². The molecule has 9 aromatic rings. The zero-order chi connectivity index (χ0) is 98.0. The summed E-state index contributed by atoms with van der Waals surface area (Å²) in [5.41, 5.74) is 36.5. The zero-order valence-electron chi connectivity index (χ0n) is 79.6. The van der Waals surface area contributed by atoms with Crippen LogP contribution >= 0.6 is 0 Å². The maximum atomic E-state index is 13.3. The molecule has 0 aromatic heterocycles. The van der Waals surface area contributed by atoms with Gasteiger partial charge in [-0.2, -0.15) is 12.9 Å². The van der Waals surface area contributed by atoms with Crippen molar-refractivity contribution in [3.05, 3.63) is 282 Å². The number of hydrogen-bond acceptors (Lipinski definition) is 19. The molecule has 5 heterocycles. The van der Waals surface area contributed by atoms with Gasteiger partial charge < -0.3 is 53.8 Å². The Labute approximate surface area is 817 Å². The first-order chi connectivity index (χ1) is 63.7. The second-order valence-electron chi connectivity index (χ2n) is 33.9. The number of nitriles is 1. The standard InChI is InChI=1S/C34H39N5O4S.C33H38N4O3S.C17H26N4O3S.C16H16O2.C2H6O.CHNO.Na/c1-5-7-25-10-12-26(13-11-25)27-8-6-9-28(22-27)31-36-32(40)34(37-31)15-17-39(18-16-34)44(42,43)19-14-30-23(2)20-29(21-24(30)3)38(4)33(35)41;1-5-7-25-10-12-26(13-11-25)27-8-6-9-28(22-27)31-35-32(38)33(36-31)15-17-37(18-16-33)41(39,40)19-14-30-23(2)20-29(34-4)21-24(30)3;1-12-10-14(20-3)11-13(2)15(12)4-9-25(23,24)21-7-5-17(19,6-8-21)16(18)22;1-2-4-12-7-9-13(10-8-12)14-5-3-6-15(11-14)16(17)18;1-2-3;2-1-3;/h6,8-14,19-22H,5,7,15-18H2,1-4H3,(H2,35,41)(H,36,37,40);6,8-14,19-22,34H,5,7,15-18H2,1-4H3,(H,35,36,38);4,9-11,20H,5-8,19H2,1-3H3,(H2,18,22);3,5-11H,2,4H2,1H3,(H,17,18);3H,2H2,1H3;3H;/q;;;;;;+1/p-1/b2*19-14+;9-4+;;;;. The Balaban J connectivity index is 0.000000226. The summed E-state index contributed by atoms with van der Waals surface area (Å²) in [7, 11) is -5.68. The third-order valence-corrected chi connectivity index (χ3v) is 29.1. The SMILES string of the molecule is CCCc1ccc(-c2cccc(C(=O)O)c2)cc1.CCCc1ccc(-c2cccc(C3=NC4(CCN(S(=O)(=O)/C=C/c5c(C)cc(N(C)C(N)=O)cc5C)CC4)C(=O)N3)c2)cc1.CCCc1ccc(-c2cccc(C3=NC4(CCN(S(=O)(=O)/C=C/c5c(C)cc(NC)cc5C)CC4)C(=O)N3)c2)cc1.CCO.CNc1cc(C)c(/C=C/S(=O)(=O)N2CCC(N)(C(N)=O)CC2)c(C)c1.N#C[O-].[Na+]. The number of aryl methyl sites for hydroxylation is 9. The van der Waals surface area contributed by atoms with E-state index in [-0.39, 0.29) is 100 Å². The van der Waals surface area contributed by atoms with Crippen LogP contribution in [0, 0.1) is 53.1 Å². The smallest absolute Gasteiger partial charge is 0.812 e. The number of carboxylic acids is 1. The van der Waals surface area contributed by atoms with Crippen molar-refractivity contribution in [1.29, 1.82) is 5.26 Å². The molecule has 5 aliphatic heterocycles. The van der Waals surface area contributed by atoms with E-state index in [4.69, 9.17) is 47.8 Å². The normalized spacial score (nSPS) is 15.6. The van der Waals surface area contributed by atoms with E-state index >= 15 is 0 Å². The number of urea groups is 1. The number of aliphatic imine (C=N–C) groups is 2. The topological polar surface area (TPSA) is 439 Å². The summed E-state index contributed by atoms with van der Waals surface area (Å²) in [4.78, 5) is 71.3. The fourth-order valence-electron chi connectivity index (χ4n) is 16.6. The molecule has 0 atom stereocenters. The van der Waals surface area contributed by atoms with Crippen molar-refractivity contribution in [1.82, 2.24) is 23.5 Å². The van der Waals surface area contributed by atoms with Crippen LogP contribution in [0.1, 0.15) is 174 Å². The van der Waals surface area contributed by atoms with Crippen LogP contribution in [0.4, 0.5) is 21.9 Å². The Morgan fingerprint density at radius 2 is 0.763 bits per heavy atom. The molecule has 3 fully saturated rings. The number of sulfonamides is 3. The van der Waals surface area contributed by atoms with Crippen molar-refractivity contribution in [3.63, 3.8) is 0 Å². The Bertz CT molecular complexity index is 6200. The molecule has 0 aliphatic carbocycles. The second-order valence-corrected chi connectivity index (χ2v) is 39.3. The number of nitrogens with two attached hydrogens (primary N) is 3. The van der Waals surface area contributed by atoms with Gasteiger partial charge in [0.2, 0.25) is 36.0 Å². The number of hydrogen-bond donors (Lipinski definition) is 9. The van der Waals surface area contributed by atoms with Gasteiger partial charge >= 0.3 is 41.6 Å². The first kappa shape index (κ1) is 109. The minimum Gasteiger partial charge on any atom is -0.812 e. The van der Waals surface area contributed by atoms with Gasteiger partial charge in [0.25, 0.3) is 11.8 Å². The van der Waals surface area contributed by atoms with Gasteiger partial charge in [-0.05, 0) is 285 Å². The molecule has 3 saturated heterocycles. The van der Waals surface area contributed by atoms with E-state index in [1.54, 1.807) is 62.5 Å². The Kier molecular flexibility index (Phi) is 39.5. The van der Waals surface area contributed by atoms with E-state index in [0.29, 0.717) is 54.9 Å². The number of carbonyl (C=O) groups excluding carboxylic acids is 4. The molecule has 12 N–H and O–H groups in total. The third-order valence-electron chi connectivity index (χ3n) is 24.4. The molecule has 9 aromatic carbocycles. The van der Waals surface area contributed by atoms with Gasteiger partial charge in [0.05, 0.1) is 11.1 Å². The van der Waals surface area contributed by atoms with Gasteiger partial charge in [-0.3, -0.25) is 29.3 Å². The number of aliphatic hydroxyl groups is 1. The van der Waals surface area contributed by atoms with Gasteiger partial charge in [0, 0.05) is 118 Å². The number of carbonyl (C=O) groups is 5. The Hall–Kier alpha value is -11.8. The van der Waals surface area contributed by atoms with Crippen molar-refractivity contribution >= 4 is 107 Å². The summed E-state index contributed by atoms with van der Waals surface area (Å²) in [5, 5.41) is 47.4. The summed E-state index contributed by atoms with van der Waals surface area (Å²) in [6.45, 7) is 21.2. The number of amides is 5. The molecule has 14 rings (SSSR count). The monoisotopic (exact) mass is 1900 g/mol. The molecule has 32 heteroatoms. The quantitative estimate of drug-likeness (QED) is 0.0189. The molecule has 0 radical (unpaired) electrons. The van der Waals surface area contributed by atoms with Crippen LogP contribution in [0.5, 0.6) is 0 Å². The van der Waals surface area contributed by atoms with Gasteiger partial charge in [-0.1, -0.05) is 161 Å². The number of nitrogens with one attached hydrogen (secondary N) is 4. The summed E-state index contributed by atoms with van der Waals surface area (Å²) in [6.07, 6.45) is 13.6. The average molecular weight is 1900 g/mol. The third kappa shape index (κ3) is 28.4. The fourth-order valence-corrected chi connectivity index (χ4v) is 20.1. The second kappa shape index (κ2) is 49.1. The predicted octanol–water partition coefficient (Wildman–Crippen LogP) is 11.6. The maximum absolute atomic E-state index is 13.3. The van der Waals surface area contributed by atoms with Crippen LogP contribution in [0.25, 0.3) is 51.6 Å². The average Bonchev–Trinajstić information content (AvgIpc) is 1.62. The molecule has 710 valence electrons. The van der Waals surface area contributed by atoms with E-state index in [2.05, 4.69) is 109 Å². The zero-order valence-corrected chi connectivity index (χ0v) is 84.0. The predicted molar refractivity (Wildman–Crippen MR) is 535 cm³/mol. The number of primary amides is 2. The molecule has 0 bridgehead atoms. The van der Waals surface area contributed by atoms with E-state index in [1.807, 2.05) is 141 Å². The van der Waals surface area contributed by atoms with Crippen LogP contribution in [-0.4, -0.2) is 173 Å². The molecule has 2 spiro atoms. The summed E-state index contributed by atoms with van der Waals surface area (Å²) in [5.74, 6) is -0.763. The first-order valence-corrected chi connectivity index (χ1v) is 49.3. The number of amidine groups is 2. The van der Waals surface area contributed by atoms with Crippen LogP contribution in [0.3, 0.4) is 0 Å². The number of rotatable bonds is 25. The molecule has 0 saturated carbocycles. The summed E-state index contributed by atoms with van der Waals surface area (Å²) >= 11 is 0. The minimum absolute atomic E-state index is 0. The number of benzene rings is 9. The van der Waals surface area contributed by atoms with Crippen molar-refractivity contribution in [2.75, 3.05) is 82.6 Å². The number of carboxylic acid groups (broad SMARTS) is 1.